The van der Waals surface area contributed by atoms with Gasteiger partial charge in [0.15, 0.2) is 0 Å². The Morgan fingerprint density at radius 2 is 1.85 bits per heavy atom. The number of pyridine rings is 1. The van der Waals surface area contributed by atoms with Crippen LogP contribution in [0.2, 0.25) is 0 Å². The highest BCUT2D eigenvalue weighted by atomic mass is 16.5. The third-order valence-electron chi connectivity index (χ3n) is 6.31. The fourth-order valence-corrected chi connectivity index (χ4v) is 4.47. The predicted molar refractivity (Wildman–Crippen MR) is 110 cm³/mol. The van der Waals surface area contributed by atoms with Gasteiger partial charge in [0.25, 0.3) is 0 Å². The van der Waals surface area contributed by atoms with Crippen molar-refractivity contribution in [2.75, 3.05) is 31.2 Å². The Hall–Kier alpha value is -1.91. The number of ether oxygens (including phenoxy) is 1. The molecule has 1 aromatic carbocycles. The highest BCUT2D eigenvalue weighted by Crippen LogP contribution is 2.27. The van der Waals surface area contributed by atoms with Gasteiger partial charge >= 0.3 is 0 Å². The maximum atomic E-state index is 5.81. The first-order valence-corrected chi connectivity index (χ1v) is 10.2. The van der Waals surface area contributed by atoms with E-state index in [1.807, 2.05) is 12.4 Å². The van der Waals surface area contributed by atoms with E-state index in [-0.39, 0.29) is 0 Å². The number of anilines is 1. The molecule has 2 atom stereocenters. The van der Waals surface area contributed by atoms with Gasteiger partial charge in [0.2, 0.25) is 0 Å². The van der Waals surface area contributed by atoms with Crippen molar-refractivity contribution < 1.29 is 4.74 Å². The van der Waals surface area contributed by atoms with E-state index in [1.54, 1.807) is 0 Å². The zero-order chi connectivity index (χ0) is 18.6. The zero-order valence-corrected chi connectivity index (χ0v) is 16.5. The molecule has 4 rings (SSSR count). The van der Waals surface area contributed by atoms with Crippen molar-refractivity contribution in [1.29, 1.82) is 0 Å². The van der Waals surface area contributed by atoms with Crippen LogP contribution in [0.4, 0.5) is 5.69 Å². The fourth-order valence-electron chi connectivity index (χ4n) is 4.47. The normalized spacial score (nSPS) is 23.7. The lowest BCUT2D eigenvalue weighted by Gasteiger charge is -2.37. The topological polar surface area (TPSA) is 37.4 Å². The molecule has 144 valence electrons. The van der Waals surface area contributed by atoms with Crippen LogP contribution in [0.15, 0.2) is 42.7 Å². The molecule has 0 bridgehead atoms. The molecular formula is C23H31N3O. The quantitative estimate of drug-likeness (QED) is 0.880. The summed E-state index contributed by atoms with van der Waals surface area (Å²) in [7, 11) is 0. The fraction of sp³-hybridized carbons (Fsp3) is 0.522. The van der Waals surface area contributed by atoms with Crippen molar-refractivity contribution >= 4 is 5.69 Å². The Labute approximate surface area is 162 Å². The number of aromatic nitrogens is 1. The van der Waals surface area contributed by atoms with Crippen LogP contribution in [-0.4, -0.2) is 43.4 Å². The van der Waals surface area contributed by atoms with E-state index in [2.05, 4.69) is 59.4 Å². The third kappa shape index (κ3) is 4.33. The molecule has 0 amide bonds. The van der Waals surface area contributed by atoms with Gasteiger partial charge in [-0.1, -0.05) is 12.1 Å². The predicted octanol–water partition coefficient (Wildman–Crippen LogP) is 3.51. The summed E-state index contributed by atoms with van der Waals surface area (Å²) in [5.41, 5.74) is 5.57. The number of nitrogens with one attached hydrogen (secondary N) is 1. The summed E-state index contributed by atoms with van der Waals surface area (Å²) in [5, 5.41) is 3.92. The largest absolute Gasteiger partial charge is 0.379 e. The molecule has 2 saturated heterocycles. The second-order valence-corrected chi connectivity index (χ2v) is 8.11. The van der Waals surface area contributed by atoms with Crippen molar-refractivity contribution in [2.45, 2.75) is 45.2 Å². The summed E-state index contributed by atoms with van der Waals surface area (Å²) < 4.78 is 5.81. The maximum absolute atomic E-state index is 5.81. The lowest BCUT2D eigenvalue weighted by atomic mass is 9.93. The minimum atomic E-state index is 0.468. The van der Waals surface area contributed by atoms with Crippen LogP contribution in [-0.2, 0) is 11.2 Å². The number of benzene rings is 1. The summed E-state index contributed by atoms with van der Waals surface area (Å²) in [6.07, 6.45) is 7.24. The molecule has 1 aromatic heterocycles. The van der Waals surface area contributed by atoms with Crippen LogP contribution in [0.25, 0.3) is 0 Å². The SMILES string of the molecule is Cc1cccc(N2CCC(N[C@H]3COC[C@H]3Cc3ccncc3)CC2)c1C. The smallest absolute Gasteiger partial charge is 0.0623 e. The number of piperidine rings is 1. The second-order valence-electron chi connectivity index (χ2n) is 8.11. The molecule has 0 saturated carbocycles. The molecule has 4 heteroatoms. The van der Waals surface area contributed by atoms with Gasteiger partial charge < -0.3 is 15.0 Å². The highest BCUT2D eigenvalue weighted by molar-refractivity contribution is 5.56. The van der Waals surface area contributed by atoms with Crippen LogP contribution in [0.3, 0.4) is 0 Å². The molecule has 2 aliphatic heterocycles. The Balaban J connectivity index is 1.31. The molecule has 0 spiro atoms. The van der Waals surface area contributed by atoms with Crippen LogP contribution < -0.4 is 10.2 Å². The van der Waals surface area contributed by atoms with Gasteiger partial charge in [0.05, 0.1) is 13.2 Å². The van der Waals surface area contributed by atoms with Gasteiger partial charge in [-0.3, -0.25) is 4.98 Å². The first kappa shape index (κ1) is 18.5. The number of hydrogen-bond donors (Lipinski definition) is 1. The van der Waals surface area contributed by atoms with E-state index < -0.39 is 0 Å². The molecule has 0 radical (unpaired) electrons. The van der Waals surface area contributed by atoms with Gasteiger partial charge in [-0.15, -0.1) is 0 Å². The first-order chi connectivity index (χ1) is 13.2. The summed E-state index contributed by atoms with van der Waals surface area (Å²) in [4.78, 5) is 6.68. The Bertz CT molecular complexity index is 741. The van der Waals surface area contributed by atoms with Gasteiger partial charge in [-0.2, -0.15) is 0 Å². The van der Waals surface area contributed by atoms with E-state index in [9.17, 15) is 0 Å². The average molecular weight is 366 g/mol. The van der Waals surface area contributed by atoms with Crippen molar-refractivity contribution in [3.63, 3.8) is 0 Å². The van der Waals surface area contributed by atoms with Crippen LogP contribution in [0.1, 0.15) is 29.5 Å². The van der Waals surface area contributed by atoms with E-state index in [0.29, 0.717) is 18.0 Å². The number of hydrogen-bond acceptors (Lipinski definition) is 4. The third-order valence-corrected chi connectivity index (χ3v) is 6.31. The maximum Gasteiger partial charge on any atom is 0.0623 e. The molecule has 2 fully saturated rings. The monoisotopic (exact) mass is 365 g/mol. The zero-order valence-electron chi connectivity index (χ0n) is 16.5. The van der Waals surface area contributed by atoms with E-state index in [0.717, 1.165) is 32.7 Å². The Morgan fingerprint density at radius 1 is 1.07 bits per heavy atom. The van der Waals surface area contributed by atoms with E-state index in [1.165, 1.54) is 35.2 Å². The molecule has 2 aromatic rings. The van der Waals surface area contributed by atoms with E-state index in [4.69, 9.17) is 4.74 Å². The molecule has 0 unspecified atom stereocenters. The van der Waals surface area contributed by atoms with Crippen LogP contribution in [0, 0.1) is 19.8 Å². The molecular weight excluding hydrogens is 334 g/mol. The van der Waals surface area contributed by atoms with Gasteiger partial charge in [-0.05, 0) is 68.0 Å². The Morgan fingerprint density at radius 3 is 2.63 bits per heavy atom. The summed E-state index contributed by atoms with van der Waals surface area (Å²) >= 11 is 0. The number of nitrogens with zero attached hydrogens (tertiary/aromatic N) is 2. The molecule has 1 N–H and O–H groups in total. The Kier molecular flexibility index (Phi) is 5.74. The summed E-state index contributed by atoms with van der Waals surface area (Å²) in [6.45, 7) is 8.41. The molecule has 3 heterocycles. The standard InChI is InChI=1S/C23H31N3O/c1-17-4-3-5-23(18(17)2)26-12-8-21(9-13-26)25-22-16-27-15-20(22)14-19-6-10-24-11-7-19/h3-7,10-11,20-22,25H,8-9,12-16H2,1-2H3/t20-,22+/m1/s1. The molecule has 2 aliphatic rings. The molecule has 4 nitrogen and oxygen atoms in total. The minimum absolute atomic E-state index is 0.468. The van der Waals surface area contributed by atoms with Gasteiger partial charge in [0, 0.05) is 49.2 Å². The summed E-state index contributed by atoms with van der Waals surface area (Å²) in [6, 6.07) is 12.0. The van der Waals surface area contributed by atoms with E-state index >= 15 is 0 Å². The van der Waals surface area contributed by atoms with Crippen LogP contribution in [0.5, 0.6) is 0 Å². The average Bonchev–Trinajstić information content (AvgIpc) is 3.12. The molecule has 27 heavy (non-hydrogen) atoms. The number of aryl methyl sites for hydroxylation is 1. The van der Waals surface area contributed by atoms with Crippen molar-refractivity contribution in [3.05, 3.63) is 59.4 Å². The second kappa shape index (κ2) is 8.41. The van der Waals surface area contributed by atoms with Crippen molar-refractivity contribution in [3.8, 4) is 0 Å². The summed E-state index contributed by atoms with van der Waals surface area (Å²) in [5.74, 6) is 0.560. The van der Waals surface area contributed by atoms with Crippen molar-refractivity contribution in [2.24, 2.45) is 5.92 Å². The van der Waals surface area contributed by atoms with Crippen LogP contribution >= 0.6 is 0 Å². The lowest BCUT2D eigenvalue weighted by molar-refractivity contribution is 0.181. The molecule has 0 aliphatic carbocycles. The lowest BCUT2D eigenvalue weighted by Crippen LogP contribution is -2.48. The first-order valence-electron chi connectivity index (χ1n) is 10.2. The highest BCUT2D eigenvalue weighted by Gasteiger charge is 2.31. The van der Waals surface area contributed by atoms with Gasteiger partial charge in [0.1, 0.15) is 0 Å². The minimum Gasteiger partial charge on any atom is -0.379 e. The number of rotatable bonds is 5. The van der Waals surface area contributed by atoms with Crippen molar-refractivity contribution in [1.82, 2.24) is 10.3 Å². The van der Waals surface area contributed by atoms with Gasteiger partial charge in [-0.25, -0.2) is 0 Å².